The van der Waals surface area contributed by atoms with Crippen molar-refractivity contribution in [3.8, 4) is 11.5 Å². The number of pyridine rings is 1. The third-order valence-electron chi connectivity index (χ3n) is 3.67. The minimum atomic E-state index is -0.702. The molecule has 0 bridgehead atoms. The van der Waals surface area contributed by atoms with Gasteiger partial charge in [-0.25, -0.2) is 0 Å². The Kier molecular flexibility index (Phi) is 5.05. The number of nitrogens with one attached hydrogen (secondary N) is 1. The zero-order chi connectivity index (χ0) is 17.8. The summed E-state index contributed by atoms with van der Waals surface area (Å²) in [5, 5.41) is 4.16. The highest BCUT2D eigenvalue weighted by molar-refractivity contribution is 6.32. The number of carbonyl (C=O) groups is 1. The second-order valence-electron chi connectivity index (χ2n) is 5.46. The number of aromatic nitrogens is 1. The number of fused-ring (bicyclic) bond motifs is 1. The van der Waals surface area contributed by atoms with Gasteiger partial charge in [-0.3, -0.25) is 9.78 Å². The molecule has 1 heterocycles. The quantitative estimate of drug-likeness (QED) is 0.740. The molecular weight excluding hydrogens is 340 g/mol. The molecule has 1 amide bonds. The summed E-state index contributed by atoms with van der Waals surface area (Å²) in [4.78, 5) is 16.7. The first-order chi connectivity index (χ1) is 12.1. The number of benzene rings is 2. The molecule has 1 N–H and O–H groups in total. The Morgan fingerprint density at radius 3 is 2.76 bits per heavy atom. The summed E-state index contributed by atoms with van der Waals surface area (Å²) in [6.45, 7) is 1.66. The van der Waals surface area contributed by atoms with E-state index in [-0.39, 0.29) is 5.91 Å². The van der Waals surface area contributed by atoms with E-state index in [4.69, 9.17) is 21.1 Å². The second kappa shape index (κ2) is 7.40. The molecule has 3 rings (SSSR count). The van der Waals surface area contributed by atoms with E-state index in [1.807, 2.05) is 24.3 Å². The van der Waals surface area contributed by atoms with Gasteiger partial charge in [0.05, 0.1) is 29.5 Å². The minimum absolute atomic E-state index is 0.283. The van der Waals surface area contributed by atoms with Crippen molar-refractivity contribution >= 4 is 34.1 Å². The fraction of sp³-hybridized carbons (Fsp3) is 0.158. The molecule has 5 nitrogen and oxygen atoms in total. The van der Waals surface area contributed by atoms with Crippen molar-refractivity contribution in [2.75, 3.05) is 12.4 Å². The molecule has 0 saturated heterocycles. The second-order valence-corrected chi connectivity index (χ2v) is 5.87. The summed E-state index contributed by atoms with van der Waals surface area (Å²) in [6, 6.07) is 14.5. The van der Waals surface area contributed by atoms with E-state index in [0.29, 0.717) is 16.5 Å². The first-order valence-electron chi connectivity index (χ1n) is 7.72. The number of anilines is 1. The number of carbonyl (C=O) groups excluding carboxylic acids is 1. The topological polar surface area (TPSA) is 60.5 Å². The normalized spacial score (nSPS) is 11.8. The highest BCUT2D eigenvalue weighted by Gasteiger charge is 2.16. The van der Waals surface area contributed by atoms with Crippen LogP contribution in [0.3, 0.4) is 0 Å². The van der Waals surface area contributed by atoms with Crippen LogP contribution >= 0.6 is 11.6 Å². The lowest BCUT2D eigenvalue weighted by Gasteiger charge is -2.15. The first-order valence-corrected chi connectivity index (χ1v) is 8.10. The van der Waals surface area contributed by atoms with Crippen molar-refractivity contribution in [3.05, 3.63) is 59.8 Å². The molecule has 0 aliphatic heterocycles. The summed E-state index contributed by atoms with van der Waals surface area (Å²) in [6.07, 6.45) is 0.897. The lowest BCUT2D eigenvalue weighted by atomic mass is 10.2. The van der Waals surface area contributed by atoms with Crippen molar-refractivity contribution in [2.24, 2.45) is 0 Å². The van der Waals surface area contributed by atoms with Gasteiger partial charge in [0.25, 0.3) is 5.91 Å². The van der Waals surface area contributed by atoms with Gasteiger partial charge in [0.1, 0.15) is 11.5 Å². The van der Waals surface area contributed by atoms with Crippen LogP contribution in [0.15, 0.2) is 54.7 Å². The molecule has 0 aliphatic rings. The van der Waals surface area contributed by atoms with Crippen LogP contribution in [0.1, 0.15) is 6.92 Å². The zero-order valence-electron chi connectivity index (χ0n) is 13.8. The van der Waals surface area contributed by atoms with Crippen molar-refractivity contribution in [2.45, 2.75) is 13.0 Å². The number of methoxy groups -OCH3 is 1. The fourth-order valence-corrected chi connectivity index (χ4v) is 2.51. The Labute approximate surface area is 150 Å². The maximum absolute atomic E-state index is 12.3. The third-order valence-corrected chi connectivity index (χ3v) is 3.98. The molecule has 0 saturated carbocycles. The summed E-state index contributed by atoms with van der Waals surface area (Å²) in [5.74, 6) is 0.920. The third kappa shape index (κ3) is 4.00. The molecule has 2 aromatic carbocycles. The van der Waals surface area contributed by atoms with Crippen LogP contribution in [0.5, 0.6) is 11.5 Å². The maximum atomic E-state index is 12.3. The minimum Gasteiger partial charge on any atom is -0.497 e. The fourth-order valence-electron chi connectivity index (χ4n) is 2.32. The van der Waals surface area contributed by atoms with Crippen molar-refractivity contribution in [1.82, 2.24) is 4.98 Å². The lowest BCUT2D eigenvalue weighted by Crippen LogP contribution is -2.30. The van der Waals surface area contributed by atoms with Gasteiger partial charge in [0.15, 0.2) is 6.10 Å². The van der Waals surface area contributed by atoms with Crippen LogP contribution in [-0.4, -0.2) is 24.1 Å². The number of para-hydroxylation sites is 1. The van der Waals surface area contributed by atoms with Crippen LogP contribution in [0.2, 0.25) is 5.02 Å². The Morgan fingerprint density at radius 2 is 2.00 bits per heavy atom. The van der Waals surface area contributed by atoms with Crippen LogP contribution in [-0.2, 0) is 4.79 Å². The van der Waals surface area contributed by atoms with Crippen molar-refractivity contribution in [1.29, 1.82) is 0 Å². The molecular formula is C19H17ClN2O3. The van der Waals surface area contributed by atoms with E-state index in [1.165, 1.54) is 0 Å². The molecule has 1 atom stereocenters. The molecule has 0 aliphatic carbocycles. The van der Waals surface area contributed by atoms with E-state index in [9.17, 15) is 4.79 Å². The zero-order valence-corrected chi connectivity index (χ0v) is 14.6. The number of rotatable bonds is 5. The predicted octanol–water partition coefficient (Wildman–Crippen LogP) is 4.30. The standard InChI is InChI=1S/C19H17ClN2O3/c1-12(25-18-6-4-3-5-16(18)20)19(23)22-14-9-13-7-8-15(24-2)10-17(13)21-11-14/h3-12H,1-2H3,(H,22,23). The first kappa shape index (κ1) is 17.0. The van der Waals surface area contributed by atoms with Crippen LogP contribution in [0.25, 0.3) is 10.9 Å². The largest absolute Gasteiger partial charge is 0.497 e. The van der Waals surface area contributed by atoms with E-state index >= 15 is 0 Å². The highest BCUT2D eigenvalue weighted by Crippen LogP contribution is 2.25. The Bertz CT molecular complexity index is 914. The van der Waals surface area contributed by atoms with Gasteiger partial charge in [-0.15, -0.1) is 0 Å². The van der Waals surface area contributed by atoms with Crippen molar-refractivity contribution < 1.29 is 14.3 Å². The summed E-state index contributed by atoms with van der Waals surface area (Å²) < 4.78 is 10.8. The van der Waals surface area contributed by atoms with Gasteiger partial charge in [0, 0.05) is 11.5 Å². The van der Waals surface area contributed by atoms with Gasteiger partial charge >= 0.3 is 0 Å². The number of nitrogens with zero attached hydrogens (tertiary/aromatic N) is 1. The Morgan fingerprint density at radius 1 is 1.20 bits per heavy atom. The smallest absolute Gasteiger partial charge is 0.265 e. The van der Waals surface area contributed by atoms with Crippen LogP contribution in [0, 0.1) is 0 Å². The molecule has 128 valence electrons. The lowest BCUT2D eigenvalue weighted by molar-refractivity contribution is -0.122. The van der Waals surface area contributed by atoms with E-state index < -0.39 is 6.10 Å². The average Bonchev–Trinajstić information content (AvgIpc) is 2.63. The summed E-state index contributed by atoms with van der Waals surface area (Å²) in [5.41, 5.74) is 1.38. The number of ether oxygens (including phenoxy) is 2. The molecule has 0 spiro atoms. The predicted molar refractivity (Wildman–Crippen MR) is 98.5 cm³/mol. The van der Waals surface area contributed by atoms with Crippen LogP contribution < -0.4 is 14.8 Å². The maximum Gasteiger partial charge on any atom is 0.265 e. The number of hydrogen-bond donors (Lipinski definition) is 1. The average molecular weight is 357 g/mol. The van der Waals surface area contributed by atoms with Crippen molar-refractivity contribution in [3.63, 3.8) is 0 Å². The Balaban J connectivity index is 1.71. The monoisotopic (exact) mass is 356 g/mol. The molecule has 1 unspecified atom stereocenters. The van der Waals surface area contributed by atoms with E-state index in [0.717, 1.165) is 16.7 Å². The van der Waals surface area contributed by atoms with Crippen LogP contribution in [0.4, 0.5) is 5.69 Å². The summed E-state index contributed by atoms with van der Waals surface area (Å²) in [7, 11) is 1.61. The molecule has 6 heteroatoms. The number of halogens is 1. The molecule has 0 radical (unpaired) electrons. The number of hydrogen-bond acceptors (Lipinski definition) is 4. The highest BCUT2D eigenvalue weighted by atomic mass is 35.5. The van der Waals surface area contributed by atoms with E-state index in [2.05, 4.69) is 10.3 Å². The SMILES string of the molecule is COc1ccc2cc(NC(=O)C(C)Oc3ccccc3Cl)cnc2c1. The van der Waals surface area contributed by atoms with Gasteiger partial charge in [0.2, 0.25) is 0 Å². The molecule has 0 fully saturated rings. The number of amides is 1. The van der Waals surface area contributed by atoms with Gasteiger partial charge in [-0.1, -0.05) is 23.7 Å². The Hall–Kier alpha value is -2.79. The molecule has 1 aromatic heterocycles. The molecule has 25 heavy (non-hydrogen) atoms. The van der Waals surface area contributed by atoms with Gasteiger partial charge < -0.3 is 14.8 Å². The van der Waals surface area contributed by atoms with E-state index in [1.54, 1.807) is 44.5 Å². The van der Waals surface area contributed by atoms with Gasteiger partial charge in [-0.05, 0) is 37.3 Å². The van der Waals surface area contributed by atoms with Gasteiger partial charge in [-0.2, -0.15) is 0 Å². The molecule has 3 aromatic rings. The summed E-state index contributed by atoms with van der Waals surface area (Å²) >= 11 is 6.05.